The van der Waals surface area contributed by atoms with Gasteiger partial charge in [-0.15, -0.1) is 0 Å². The van der Waals surface area contributed by atoms with Crippen LogP contribution in [0.5, 0.6) is 5.75 Å². The number of H-pyrrole nitrogens is 1. The molecule has 1 heterocycles. The molecule has 26 heavy (non-hydrogen) atoms. The van der Waals surface area contributed by atoms with Gasteiger partial charge >= 0.3 is 0 Å². The van der Waals surface area contributed by atoms with E-state index in [9.17, 15) is 14.7 Å². The number of nitrogens with zero attached hydrogens (tertiary/aromatic N) is 1. The first kappa shape index (κ1) is 17.2. The van der Waals surface area contributed by atoms with E-state index in [1.54, 1.807) is 0 Å². The molecule has 3 rings (SSSR count). The summed E-state index contributed by atoms with van der Waals surface area (Å²) in [6.45, 7) is 0.562. The van der Waals surface area contributed by atoms with Crippen molar-refractivity contribution < 1.29 is 14.7 Å². The van der Waals surface area contributed by atoms with Crippen LogP contribution in [0.3, 0.4) is 0 Å². The van der Waals surface area contributed by atoms with Gasteiger partial charge in [0.05, 0.1) is 17.5 Å². The van der Waals surface area contributed by atoms with Crippen molar-refractivity contribution in [1.82, 2.24) is 20.8 Å². The summed E-state index contributed by atoms with van der Waals surface area (Å²) in [4.78, 5) is 24.3. The Morgan fingerprint density at radius 3 is 2.27 bits per heavy atom. The maximum Gasteiger partial charge on any atom is 0.255 e. The van der Waals surface area contributed by atoms with Crippen LogP contribution >= 0.6 is 0 Å². The summed E-state index contributed by atoms with van der Waals surface area (Å²) in [6, 6.07) is 15.4. The average molecular weight is 350 g/mol. The Hall–Kier alpha value is -3.61. The van der Waals surface area contributed by atoms with Gasteiger partial charge in [-0.2, -0.15) is 5.10 Å². The molecule has 0 saturated carbocycles. The lowest BCUT2D eigenvalue weighted by atomic mass is 10.1. The topological polar surface area (TPSA) is 107 Å². The number of phenols is 1. The molecule has 3 aromatic rings. The normalized spacial score (nSPS) is 10.3. The Morgan fingerprint density at radius 1 is 0.923 bits per heavy atom. The molecule has 132 valence electrons. The number of nitrogens with one attached hydrogen (secondary N) is 3. The van der Waals surface area contributed by atoms with Crippen LogP contribution < -0.4 is 10.6 Å². The van der Waals surface area contributed by atoms with E-state index >= 15 is 0 Å². The highest BCUT2D eigenvalue weighted by Crippen LogP contribution is 2.20. The average Bonchev–Trinajstić information content (AvgIpc) is 3.16. The van der Waals surface area contributed by atoms with E-state index in [-0.39, 0.29) is 30.7 Å². The molecular formula is C19H18N4O3. The van der Waals surface area contributed by atoms with E-state index in [2.05, 4.69) is 20.8 Å². The lowest BCUT2D eigenvalue weighted by molar-refractivity contribution is 0.0928. The minimum atomic E-state index is -0.271. The van der Waals surface area contributed by atoms with Gasteiger partial charge in [-0.05, 0) is 24.3 Å². The molecule has 7 nitrogen and oxygen atoms in total. The van der Waals surface area contributed by atoms with Crippen LogP contribution in [0, 0.1) is 0 Å². The third kappa shape index (κ3) is 4.07. The smallest absolute Gasteiger partial charge is 0.255 e. The summed E-state index contributed by atoms with van der Waals surface area (Å²) in [5.74, 6) is -0.438. The van der Waals surface area contributed by atoms with Crippen molar-refractivity contribution in [3.63, 3.8) is 0 Å². The van der Waals surface area contributed by atoms with Crippen LogP contribution in [-0.2, 0) is 0 Å². The van der Waals surface area contributed by atoms with Crippen LogP contribution in [0.2, 0.25) is 0 Å². The maximum absolute atomic E-state index is 12.3. The third-order valence-electron chi connectivity index (χ3n) is 3.77. The van der Waals surface area contributed by atoms with Crippen LogP contribution in [0.4, 0.5) is 0 Å². The van der Waals surface area contributed by atoms with Crippen LogP contribution in [0.15, 0.2) is 60.8 Å². The minimum Gasteiger partial charge on any atom is -0.508 e. The first-order chi connectivity index (χ1) is 12.6. The summed E-state index contributed by atoms with van der Waals surface area (Å²) < 4.78 is 0. The van der Waals surface area contributed by atoms with Gasteiger partial charge in [0.15, 0.2) is 0 Å². The molecule has 0 spiro atoms. The molecule has 1 aromatic heterocycles. The number of aromatic amines is 1. The molecule has 0 fully saturated rings. The summed E-state index contributed by atoms with van der Waals surface area (Å²) in [5, 5.41) is 21.5. The second-order valence-electron chi connectivity index (χ2n) is 5.58. The number of benzene rings is 2. The number of aromatic nitrogens is 2. The monoisotopic (exact) mass is 350 g/mol. The van der Waals surface area contributed by atoms with E-state index in [0.717, 1.165) is 5.56 Å². The number of hydrogen-bond acceptors (Lipinski definition) is 4. The largest absolute Gasteiger partial charge is 0.508 e. The molecule has 2 amide bonds. The van der Waals surface area contributed by atoms with Gasteiger partial charge in [0.2, 0.25) is 0 Å². The molecule has 0 aliphatic carbocycles. The zero-order valence-corrected chi connectivity index (χ0v) is 13.9. The van der Waals surface area contributed by atoms with Crippen molar-refractivity contribution in [2.75, 3.05) is 13.1 Å². The minimum absolute atomic E-state index is 0.100. The maximum atomic E-state index is 12.3. The van der Waals surface area contributed by atoms with E-state index in [4.69, 9.17) is 0 Å². The molecule has 4 N–H and O–H groups in total. The lowest BCUT2D eigenvalue weighted by Gasteiger charge is -2.08. The van der Waals surface area contributed by atoms with Crippen LogP contribution in [0.1, 0.15) is 20.7 Å². The number of hydrogen-bond donors (Lipinski definition) is 4. The predicted octanol–water partition coefficient (Wildman–Crippen LogP) is 1.94. The molecule has 0 aliphatic heterocycles. The molecule has 7 heteroatoms. The number of carbonyl (C=O) groups excluding carboxylic acids is 2. The number of aromatic hydroxyl groups is 1. The highest BCUT2D eigenvalue weighted by molar-refractivity contribution is 5.99. The Bertz CT molecular complexity index is 889. The van der Waals surface area contributed by atoms with Gasteiger partial charge in [0, 0.05) is 24.2 Å². The number of phenolic OH excluding ortho intramolecular Hbond substituents is 1. The molecule has 0 atom stereocenters. The second-order valence-corrected chi connectivity index (χ2v) is 5.58. The zero-order chi connectivity index (χ0) is 18.4. The van der Waals surface area contributed by atoms with E-state index in [1.807, 2.05) is 30.3 Å². The van der Waals surface area contributed by atoms with Crippen molar-refractivity contribution in [1.29, 1.82) is 0 Å². The molecule has 0 radical (unpaired) electrons. The van der Waals surface area contributed by atoms with Crippen molar-refractivity contribution in [3.8, 4) is 17.0 Å². The third-order valence-corrected chi connectivity index (χ3v) is 3.77. The molecule has 0 saturated heterocycles. The Morgan fingerprint density at radius 2 is 1.58 bits per heavy atom. The highest BCUT2D eigenvalue weighted by atomic mass is 16.3. The standard InChI is InChI=1S/C19H18N4O3/c24-15-8-6-14(7-9-15)18(25)20-10-11-21-19(26)16-12-22-23-17(16)13-4-2-1-3-5-13/h1-9,12,24H,10-11H2,(H,20,25)(H,21,26)(H,22,23). The van der Waals surface area contributed by atoms with Gasteiger partial charge in [0.25, 0.3) is 11.8 Å². The summed E-state index contributed by atoms with van der Waals surface area (Å²) >= 11 is 0. The Balaban J connectivity index is 1.52. The first-order valence-electron chi connectivity index (χ1n) is 8.09. The van der Waals surface area contributed by atoms with Crippen LogP contribution in [0.25, 0.3) is 11.3 Å². The molecule has 0 aliphatic rings. The highest BCUT2D eigenvalue weighted by Gasteiger charge is 2.14. The Kier molecular flexibility index (Phi) is 5.28. The first-order valence-corrected chi connectivity index (χ1v) is 8.09. The number of amides is 2. The van der Waals surface area contributed by atoms with Gasteiger partial charge in [-0.1, -0.05) is 30.3 Å². The van der Waals surface area contributed by atoms with E-state index < -0.39 is 0 Å². The fourth-order valence-corrected chi connectivity index (χ4v) is 2.45. The van der Waals surface area contributed by atoms with Gasteiger partial charge in [-0.3, -0.25) is 14.7 Å². The Labute approximate surface area is 150 Å². The van der Waals surface area contributed by atoms with Crippen molar-refractivity contribution in [3.05, 3.63) is 71.9 Å². The van der Waals surface area contributed by atoms with Gasteiger partial charge in [0.1, 0.15) is 5.75 Å². The van der Waals surface area contributed by atoms with E-state index in [1.165, 1.54) is 30.5 Å². The fourth-order valence-electron chi connectivity index (χ4n) is 2.45. The number of carbonyl (C=O) groups is 2. The second kappa shape index (κ2) is 7.98. The lowest BCUT2D eigenvalue weighted by Crippen LogP contribution is -2.34. The number of rotatable bonds is 6. The van der Waals surface area contributed by atoms with Gasteiger partial charge < -0.3 is 15.7 Å². The SMILES string of the molecule is O=C(NCCNC(=O)c1cn[nH]c1-c1ccccc1)c1ccc(O)cc1. The van der Waals surface area contributed by atoms with Crippen molar-refractivity contribution in [2.45, 2.75) is 0 Å². The molecule has 0 bridgehead atoms. The van der Waals surface area contributed by atoms with E-state index in [0.29, 0.717) is 16.8 Å². The fraction of sp³-hybridized carbons (Fsp3) is 0.105. The predicted molar refractivity (Wildman–Crippen MR) is 96.8 cm³/mol. The summed E-state index contributed by atoms with van der Waals surface area (Å²) in [7, 11) is 0. The molecule has 2 aromatic carbocycles. The van der Waals surface area contributed by atoms with Crippen LogP contribution in [-0.4, -0.2) is 40.2 Å². The summed E-state index contributed by atoms with van der Waals surface area (Å²) in [5.41, 5.74) is 2.41. The van der Waals surface area contributed by atoms with Crippen molar-refractivity contribution in [2.24, 2.45) is 0 Å². The summed E-state index contributed by atoms with van der Waals surface area (Å²) in [6.07, 6.45) is 1.48. The van der Waals surface area contributed by atoms with Gasteiger partial charge in [-0.25, -0.2) is 0 Å². The zero-order valence-electron chi connectivity index (χ0n) is 13.9. The quantitative estimate of drug-likeness (QED) is 0.510. The molecule has 0 unspecified atom stereocenters. The molecular weight excluding hydrogens is 332 g/mol. The van der Waals surface area contributed by atoms with Crippen molar-refractivity contribution >= 4 is 11.8 Å².